The monoisotopic (exact) mass is 274 g/mol. The van der Waals surface area contributed by atoms with Crippen molar-refractivity contribution in [2.75, 3.05) is 0 Å². The predicted molar refractivity (Wildman–Crippen MR) is 58.9 cm³/mol. The van der Waals surface area contributed by atoms with Gasteiger partial charge in [0, 0.05) is 12.4 Å². The minimum Gasteiger partial charge on any atom is -0.380 e. The molecular formula is C12H10F4N2O. The number of aliphatic hydroxyl groups is 1. The van der Waals surface area contributed by atoms with Crippen molar-refractivity contribution in [2.45, 2.75) is 18.6 Å². The van der Waals surface area contributed by atoms with Gasteiger partial charge >= 0.3 is 12.5 Å². The van der Waals surface area contributed by atoms with Gasteiger partial charge in [-0.3, -0.25) is 4.57 Å². The van der Waals surface area contributed by atoms with Gasteiger partial charge in [0.15, 0.2) is 0 Å². The molecular weight excluding hydrogens is 264 g/mol. The number of hydrogen-bond acceptors (Lipinski definition) is 2. The molecule has 0 fully saturated rings. The molecule has 1 atom stereocenters. The lowest BCUT2D eigenvalue weighted by atomic mass is 10.1. The molecule has 0 bridgehead atoms. The highest BCUT2D eigenvalue weighted by molar-refractivity contribution is 5.23. The summed E-state index contributed by atoms with van der Waals surface area (Å²) in [6.45, 7) is 0. The topological polar surface area (TPSA) is 38.1 Å². The summed E-state index contributed by atoms with van der Waals surface area (Å²) in [6, 6.07) is 3.43. The molecule has 2 rings (SSSR count). The smallest absolute Gasteiger partial charge is 0.380 e. The first kappa shape index (κ1) is 13.5. The van der Waals surface area contributed by atoms with Gasteiger partial charge in [-0.25, -0.2) is 13.8 Å². The van der Waals surface area contributed by atoms with Crippen LogP contribution in [0.2, 0.25) is 0 Å². The second-order valence-electron chi connectivity index (χ2n) is 3.86. The second kappa shape index (κ2) is 5.00. The van der Waals surface area contributed by atoms with E-state index in [2.05, 4.69) is 4.98 Å². The van der Waals surface area contributed by atoms with E-state index < -0.39 is 24.4 Å². The Bertz CT molecular complexity index is 542. The van der Waals surface area contributed by atoms with Crippen molar-refractivity contribution in [3.05, 3.63) is 54.1 Å². The lowest BCUT2D eigenvalue weighted by Crippen LogP contribution is -2.33. The summed E-state index contributed by atoms with van der Waals surface area (Å²) in [6.07, 6.45) is -3.73. The average Bonchev–Trinajstić information content (AvgIpc) is 2.88. The molecule has 2 aromatic rings. The summed E-state index contributed by atoms with van der Waals surface area (Å²) in [5.74, 6) is -0.531. The van der Waals surface area contributed by atoms with Crippen LogP contribution in [0.5, 0.6) is 0 Å². The Hall–Kier alpha value is -1.89. The van der Waals surface area contributed by atoms with Gasteiger partial charge in [-0.05, 0) is 5.56 Å². The number of hydrogen-bond donors (Lipinski definition) is 1. The van der Waals surface area contributed by atoms with Crippen molar-refractivity contribution in [2.24, 2.45) is 0 Å². The fourth-order valence-electron chi connectivity index (χ4n) is 1.66. The van der Waals surface area contributed by atoms with Gasteiger partial charge in [-0.15, -0.1) is 0 Å². The Balaban J connectivity index is 2.40. The van der Waals surface area contributed by atoms with Gasteiger partial charge in [0.1, 0.15) is 11.9 Å². The maximum Gasteiger partial charge on any atom is 0.390 e. The quantitative estimate of drug-likeness (QED) is 0.871. The molecule has 1 aromatic heterocycles. The van der Waals surface area contributed by atoms with Crippen LogP contribution in [-0.4, -0.2) is 21.1 Å². The van der Waals surface area contributed by atoms with Crippen LogP contribution in [0.25, 0.3) is 0 Å². The Labute approximate surface area is 106 Å². The first-order valence-corrected chi connectivity index (χ1v) is 5.37. The molecule has 0 unspecified atom stereocenters. The third-order valence-corrected chi connectivity index (χ3v) is 2.61. The van der Waals surface area contributed by atoms with Crippen molar-refractivity contribution in [1.82, 2.24) is 9.55 Å². The molecule has 0 amide bonds. The molecule has 1 N–H and O–H groups in total. The van der Waals surface area contributed by atoms with E-state index in [1.807, 2.05) is 0 Å². The van der Waals surface area contributed by atoms with E-state index in [0.717, 1.165) is 6.20 Å². The summed E-state index contributed by atoms with van der Waals surface area (Å²) in [5.41, 5.74) is 0.292. The summed E-state index contributed by atoms with van der Waals surface area (Å²) < 4.78 is 51.3. The zero-order valence-electron chi connectivity index (χ0n) is 9.55. The van der Waals surface area contributed by atoms with E-state index >= 15 is 0 Å². The van der Waals surface area contributed by atoms with E-state index in [-0.39, 0.29) is 4.57 Å². The van der Waals surface area contributed by atoms with Gasteiger partial charge in [0.2, 0.25) is 0 Å². The molecule has 0 saturated carbocycles. The molecule has 0 radical (unpaired) electrons. The predicted octanol–water partition coefficient (Wildman–Crippen LogP) is 2.78. The van der Waals surface area contributed by atoms with Crippen molar-refractivity contribution < 1.29 is 22.7 Å². The van der Waals surface area contributed by atoms with Gasteiger partial charge in [-0.2, -0.15) is 8.78 Å². The van der Waals surface area contributed by atoms with Crippen molar-refractivity contribution in [1.29, 1.82) is 0 Å². The van der Waals surface area contributed by atoms with Crippen LogP contribution in [0.3, 0.4) is 0 Å². The van der Waals surface area contributed by atoms with E-state index in [1.165, 1.54) is 12.1 Å². The zero-order chi connectivity index (χ0) is 14.0. The summed E-state index contributed by atoms with van der Waals surface area (Å²) in [7, 11) is 0. The first-order chi connectivity index (χ1) is 8.94. The molecule has 0 aliphatic heterocycles. The van der Waals surface area contributed by atoms with Gasteiger partial charge < -0.3 is 5.11 Å². The average molecular weight is 274 g/mol. The Morgan fingerprint density at radius 1 is 1.16 bits per heavy atom. The number of aliphatic hydroxyl groups excluding tert-OH is 1. The van der Waals surface area contributed by atoms with Crippen LogP contribution in [0, 0.1) is 0 Å². The molecule has 0 saturated heterocycles. The highest BCUT2D eigenvalue weighted by Crippen LogP contribution is 2.32. The lowest BCUT2D eigenvalue weighted by molar-refractivity contribution is -0.192. The molecule has 102 valence electrons. The number of benzene rings is 1. The van der Waals surface area contributed by atoms with E-state index in [1.54, 1.807) is 18.2 Å². The lowest BCUT2D eigenvalue weighted by Gasteiger charge is -2.21. The molecule has 1 heterocycles. The molecule has 3 nitrogen and oxygen atoms in total. The fraction of sp³-hybridized carbons (Fsp3) is 0.250. The van der Waals surface area contributed by atoms with Crippen molar-refractivity contribution in [3.8, 4) is 0 Å². The Morgan fingerprint density at radius 2 is 1.79 bits per heavy atom. The van der Waals surface area contributed by atoms with Crippen LogP contribution in [0.15, 0.2) is 42.7 Å². The molecule has 1 aromatic carbocycles. The number of aromatic nitrogens is 2. The SMILES string of the molecule is O[C@@H](c1ccccc1)c1nccn1C(F)(F)C(F)F. The highest BCUT2D eigenvalue weighted by Gasteiger charge is 2.45. The van der Waals surface area contributed by atoms with Crippen LogP contribution < -0.4 is 0 Å². The molecule has 0 spiro atoms. The Morgan fingerprint density at radius 3 is 2.37 bits per heavy atom. The molecule has 7 heteroatoms. The van der Waals surface area contributed by atoms with Crippen molar-refractivity contribution in [3.63, 3.8) is 0 Å². The standard InChI is InChI=1S/C12H10F4N2O/c13-11(14)12(15,16)18-7-6-17-10(18)9(19)8-4-2-1-3-5-8/h1-7,9,11,19H/t9-/m0/s1. The third kappa shape index (κ3) is 2.46. The zero-order valence-corrected chi connectivity index (χ0v) is 9.55. The van der Waals surface area contributed by atoms with E-state index in [0.29, 0.717) is 11.8 Å². The Kier molecular flexibility index (Phi) is 3.57. The van der Waals surface area contributed by atoms with Gasteiger partial charge in [-0.1, -0.05) is 30.3 Å². The van der Waals surface area contributed by atoms with Gasteiger partial charge in [0.25, 0.3) is 0 Å². The van der Waals surface area contributed by atoms with Crippen LogP contribution in [0.1, 0.15) is 17.5 Å². The first-order valence-electron chi connectivity index (χ1n) is 5.37. The molecule has 19 heavy (non-hydrogen) atoms. The number of alkyl halides is 4. The minimum absolute atomic E-state index is 0.00463. The summed E-state index contributed by atoms with van der Waals surface area (Å²) in [5, 5.41) is 9.95. The number of rotatable bonds is 4. The number of nitrogens with zero attached hydrogens (tertiary/aromatic N) is 2. The third-order valence-electron chi connectivity index (χ3n) is 2.61. The second-order valence-corrected chi connectivity index (χ2v) is 3.86. The minimum atomic E-state index is -4.42. The maximum absolute atomic E-state index is 13.3. The normalized spacial score (nSPS) is 13.8. The maximum atomic E-state index is 13.3. The van der Waals surface area contributed by atoms with E-state index in [9.17, 15) is 22.7 Å². The largest absolute Gasteiger partial charge is 0.390 e. The number of imidazole rings is 1. The van der Waals surface area contributed by atoms with E-state index in [4.69, 9.17) is 0 Å². The van der Waals surface area contributed by atoms with Gasteiger partial charge in [0.05, 0.1) is 0 Å². The fourth-order valence-corrected chi connectivity index (χ4v) is 1.66. The summed E-state index contributed by atoms with van der Waals surface area (Å²) >= 11 is 0. The van der Waals surface area contributed by atoms with Crippen LogP contribution >= 0.6 is 0 Å². The molecule has 0 aliphatic carbocycles. The molecule has 0 aliphatic rings. The van der Waals surface area contributed by atoms with Crippen molar-refractivity contribution >= 4 is 0 Å². The summed E-state index contributed by atoms with van der Waals surface area (Å²) in [4.78, 5) is 3.54. The van der Waals surface area contributed by atoms with Crippen LogP contribution in [-0.2, 0) is 6.05 Å². The number of halogens is 4. The highest BCUT2D eigenvalue weighted by atomic mass is 19.3. The van der Waals surface area contributed by atoms with Crippen LogP contribution in [0.4, 0.5) is 17.6 Å².